The number of hydrogen-bond acceptors (Lipinski definition) is 5. The molecular weight excluding hydrogens is 325 g/mol. The lowest BCUT2D eigenvalue weighted by Gasteiger charge is -2.37. The minimum atomic E-state index is -0.325. The number of nitrogens with zero attached hydrogens (tertiary/aromatic N) is 5. The first-order chi connectivity index (χ1) is 12.2. The van der Waals surface area contributed by atoms with Crippen LogP contribution in [0.1, 0.15) is 18.9 Å². The van der Waals surface area contributed by atoms with Crippen LogP contribution in [0.15, 0.2) is 35.0 Å². The van der Waals surface area contributed by atoms with Crippen LogP contribution in [0.4, 0.5) is 16.1 Å². The van der Waals surface area contributed by atoms with Gasteiger partial charge in [-0.3, -0.25) is 9.48 Å². The van der Waals surface area contributed by atoms with Crippen LogP contribution in [0, 0.1) is 5.82 Å². The van der Waals surface area contributed by atoms with Gasteiger partial charge in [-0.05, 0) is 18.6 Å². The van der Waals surface area contributed by atoms with Gasteiger partial charge in [0, 0.05) is 38.3 Å². The monoisotopic (exact) mass is 341 g/mol. The van der Waals surface area contributed by atoms with Crippen LogP contribution in [0.25, 0.3) is 11.1 Å². The Kier molecular flexibility index (Phi) is 3.06. The Morgan fingerprint density at radius 2 is 2.16 bits per heavy atom. The van der Waals surface area contributed by atoms with Crippen molar-refractivity contribution in [2.24, 2.45) is 0 Å². The molecule has 4 heterocycles. The largest absolute Gasteiger partial charge is 0.423 e. The predicted molar refractivity (Wildman–Crippen MR) is 89.0 cm³/mol. The average molecular weight is 341 g/mol. The molecule has 0 atom stereocenters. The minimum Gasteiger partial charge on any atom is -0.423 e. The van der Waals surface area contributed by atoms with Crippen LogP contribution in [0.3, 0.4) is 0 Å². The van der Waals surface area contributed by atoms with Gasteiger partial charge in [-0.1, -0.05) is 0 Å². The third-order valence-corrected chi connectivity index (χ3v) is 4.82. The Morgan fingerprint density at radius 1 is 1.28 bits per heavy atom. The van der Waals surface area contributed by atoms with Crippen molar-refractivity contribution in [3.8, 4) is 0 Å². The predicted octanol–water partition coefficient (Wildman–Crippen LogP) is 2.35. The van der Waals surface area contributed by atoms with Gasteiger partial charge in [0.15, 0.2) is 5.58 Å². The van der Waals surface area contributed by atoms with Crippen molar-refractivity contribution in [3.63, 3.8) is 0 Å². The molecule has 1 aromatic carbocycles. The molecule has 1 amide bonds. The maximum absolute atomic E-state index is 13.2. The van der Waals surface area contributed by atoms with Crippen molar-refractivity contribution in [2.45, 2.75) is 18.9 Å². The van der Waals surface area contributed by atoms with E-state index < -0.39 is 0 Å². The molecule has 0 bridgehead atoms. The third-order valence-electron chi connectivity index (χ3n) is 4.82. The summed E-state index contributed by atoms with van der Waals surface area (Å²) in [6.45, 7) is 2.19. The van der Waals surface area contributed by atoms with Gasteiger partial charge in [-0.2, -0.15) is 10.1 Å². The molecule has 25 heavy (non-hydrogen) atoms. The fourth-order valence-corrected chi connectivity index (χ4v) is 3.39. The molecule has 2 saturated heterocycles. The van der Waals surface area contributed by atoms with Crippen LogP contribution in [0.5, 0.6) is 0 Å². The summed E-state index contributed by atoms with van der Waals surface area (Å²) in [5.41, 5.74) is 1.96. The number of carbonyl (C=O) groups excluding carboxylic acids is 1. The molecule has 5 rings (SSSR count). The molecule has 2 aliphatic heterocycles. The fraction of sp³-hybridized carbons (Fsp3) is 0.353. The summed E-state index contributed by atoms with van der Waals surface area (Å²) in [5, 5.41) is 4.40. The molecule has 0 radical (unpaired) electrons. The van der Waals surface area contributed by atoms with Gasteiger partial charge >= 0.3 is 0 Å². The smallest absolute Gasteiger partial charge is 0.298 e. The van der Waals surface area contributed by atoms with E-state index in [2.05, 4.69) is 10.1 Å². The number of fused-ring (bicyclic) bond motifs is 1. The average Bonchev–Trinajstić information content (AvgIpc) is 3.24. The molecule has 0 aliphatic carbocycles. The van der Waals surface area contributed by atoms with Crippen molar-refractivity contribution in [3.05, 3.63) is 36.4 Å². The number of carbonyl (C=O) groups is 1. The third kappa shape index (κ3) is 2.36. The molecule has 2 aliphatic rings. The minimum absolute atomic E-state index is 0.161. The van der Waals surface area contributed by atoms with E-state index in [1.54, 1.807) is 17.2 Å². The van der Waals surface area contributed by atoms with E-state index >= 15 is 0 Å². The van der Waals surface area contributed by atoms with E-state index in [0.717, 1.165) is 18.7 Å². The van der Waals surface area contributed by atoms with Crippen molar-refractivity contribution < 1.29 is 13.6 Å². The quantitative estimate of drug-likeness (QED) is 0.731. The van der Waals surface area contributed by atoms with E-state index in [9.17, 15) is 9.18 Å². The van der Waals surface area contributed by atoms with E-state index in [-0.39, 0.29) is 17.8 Å². The van der Waals surface area contributed by atoms with Crippen LogP contribution in [0.2, 0.25) is 0 Å². The van der Waals surface area contributed by atoms with Crippen molar-refractivity contribution in [2.75, 3.05) is 29.4 Å². The van der Waals surface area contributed by atoms with Gasteiger partial charge in [0.25, 0.3) is 6.01 Å². The Morgan fingerprint density at radius 3 is 2.96 bits per heavy atom. The van der Waals surface area contributed by atoms with E-state index in [1.165, 1.54) is 12.1 Å². The highest BCUT2D eigenvalue weighted by molar-refractivity contribution is 5.95. The number of rotatable bonds is 3. The topological polar surface area (TPSA) is 67.4 Å². The molecule has 0 saturated carbocycles. The van der Waals surface area contributed by atoms with E-state index in [1.807, 2.05) is 15.8 Å². The zero-order valence-electron chi connectivity index (χ0n) is 13.4. The lowest BCUT2D eigenvalue weighted by molar-refractivity contribution is -0.117. The summed E-state index contributed by atoms with van der Waals surface area (Å²) >= 11 is 0. The number of aromatic nitrogens is 3. The molecule has 2 aromatic heterocycles. The van der Waals surface area contributed by atoms with Gasteiger partial charge in [-0.15, -0.1) is 0 Å². The molecule has 0 spiro atoms. The zero-order valence-corrected chi connectivity index (χ0v) is 13.4. The normalized spacial score (nSPS) is 18.4. The van der Waals surface area contributed by atoms with E-state index in [4.69, 9.17) is 4.42 Å². The number of amides is 1. The van der Waals surface area contributed by atoms with Gasteiger partial charge in [-0.25, -0.2) is 4.39 Å². The summed E-state index contributed by atoms with van der Waals surface area (Å²) in [6, 6.07) is 5.02. The van der Waals surface area contributed by atoms with Crippen LogP contribution in [-0.2, 0) is 4.79 Å². The molecule has 7 nitrogen and oxygen atoms in total. The number of anilines is 2. The second-order valence-electron chi connectivity index (χ2n) is 6.49. The number of oxazole rings is 1. The summed E-state index contributed by atoms with van der Waals surface area (Å²) in [5.74, 6) is -0.164. The molecule has 0 unspecified atom stereocenters. The molecule has 0 N–H and O–H groups in total. The molecule has 8 heteroatoms. The Labute approximate surface area is 142 Å². The Hall–Kier alpha value is -2.90. The Bertz CT molecular complexity index is 959. The number of benzene rings is 1. The number of halogens is 1. The van der Waals surface area contributed by atoms with Crippen LogP contribution >= 0.6 is 0 Å². The first-order valence-corrected chi connectivity index (χ1v) is 8.33. The molecule has 128 valence electrons. The maximum Gasteiger partial charge on any atom is 0.298 e. The fourth-order valence-electron chi connectivity index (χ4n) is 3.39. The SMILES string of the molecule is O=C1CCCN1c1cnn(C2CN(c3nc4cc(F)ccc4o3)C2)c1. The lowest BCUT2D eigenvalue weighted by atomic mass is 10.1. The zero-order chi connectivity index (χ0) is 17.0. The maximum atomic E-state index is 13.2. The summed E-state index contributed by atoms with van der Waals surface area (Å²) < 4.78 is 20.8. The second kappa shape index (κ2) is 5.30. The second-order valence-corrected chi connectivity index (χ2v) is 6.49. The standard InChI is InChI=1S/C17H16FN5O2/c18-11-3-4-15-14(6-11)20-17(25-15)21-8-13(9-21)23-10-12(7-19-23)22-5-1-2-16(22)24/h3-4,6-7,10,13H,1-2,5,8-9H2. The summed E-state index contributed by atoms with van der Waals surface area (Å²) in [4.78, 5) is 19.9. The van der Waals surface area contributed by atoms with Crippen molar-refractivity contribution in [1.82, 2.24) is 14.8 Å². The highest BCUT2D eigenvalue weighted by atomic mass is 19.1. The van der Waals surface area contributed by atoms with Crippen LogP contribution < -0.4 is 9.80 Å². The highest BCUT2D eigenvalue weighted by Crippen LogP contribution is 2.31. The number of hydrogen-bond donors (Lipinski definition) is 0. The lowest BCUT2D eigenvalue weighted by Crippen LogP contribution is -2.48. The summed E-state index contributed by atoms with van der Waals surface area (Å²) in [7, 11) is 0. The molecular formula is C17H16FN5O2. The highest BCUT2D eigenvalue weighted by Gasteiger charge is 2.33. The first-order valence-electron chi connectivity index (χ1n) is 8.33. The Balaban J connectivity index is 1.29. The van der Waals surface area contributed by atoms with E-state index in [0.29, 0.717) is 36.6 Å². The first kappa shape index (κ1) is 14.4. The summed E-state index contributed by atoms with van der Waals surface area (Å²) in [6.07, 6.45) is 5.18. The van der Waals surface area contributed by atoms with Gasteiger partial charge in [0.2, 0.25) is 5.91 Å². The van der Waals surface area contributed by atoms with Crippen molar-refractivity contribution >= 4 is 28.7 Å². The molecule has 2 fully saturated rings. The van der Waals surface area contributed by atoms with Gasteiger partial charge in [0.1, 0.15) is 11.3 Å². The van der Waals surface area contributed by atoms with Crippen LogP contribution in [-0.4, -0.2) is 40.3 Å². The van der Waals surface area contributed by atoms with Crippen molar-refractivity contribution in [1.29, 1.82) is 0 Å². The van der Waals surface area contributed by atoms with Gasteiger partial charge in [0.05, 0.1) is 17.9 Å². The molecule has 3 aromatic rings. The van der Waals surface area contributed by atoms with Gasteiger partial charge < -0.3 is 14.2 Å².